The van der Waals surface area contributed by atoms with Crippen LogP contribution in [0.1, 0.15) is 32.6 Å². The number of ketones is 1. The maximum atomic E-state index is 11.1. The van der Waals surface area contributed by atoms with E-state index in [-0.39, 0.29) is 18.7 Å². The molecule has 1 unspecified atom stereocenters. The lowest BCUT2D eigenvalue weighted by Crippen LogP contribution is -2.24. The summed E-state index contributed by atoms with van der Waals surface area (Å²) in [7, 11) is 0. The van der Waals surface area contributed by atoms with Crippen molar-refractivity contribution in [3.05, 3.63) is 12.2 Å². The van der Waals surface area contributed by atoms with Gasteiger partial charge in [-0.2, -0.15) is 0 Å². The van der Waals surface area contributed by atoms with Crippen molar-refractivity contribution in [2.45, 2.75) is 38.7 Å². The number of esters is 1. The van der Waals surface area contributed by atoms with Crippen LogP contribution in [0.4, 0.5) is 0 Å². The summed E-state index contributed by atoms with van der Waals surface area (Å²) in [6.45, 7) is 4.93. The van der Waals surface area contributed by atoms with E-state index >= 15 is 0 Å². The molecular weight excluding hydrogens is 196 g/mol. The summed E-state index contributed by atoms with van der Waals surface area (Å²) in [4.78, 5) is 22.1. The molecule has 0 aromatic carbocycles. The van der Waals surface area contributed by atoms with Gasteiger partial charge >= 0.3 is 5.97 Å². The number of hydrogen-bond acceptors (Lipinski definition) is 4. The summed E-state index contributed by atoms with van der Waals surface area (Å²) < 4.78 is 10.0. The third-order valence-electron chi connectivity index (χ3n) is 2.28. The molecule has 0 radical (unpaired) electrons. The number of ether oxygens (including phenoxy) is 2. The van der Waals surface area contributed by atoms with Crippen LogP contribution in [0.2, 0.25) is 0 Å². The van der Waals surface area contributed by atoms with Gasteiger partial charge in [0, 0.05) is 18.4 Å². The van der Waals surface area contributed by atoms with Gasteiger partial charge in [0.1, 0.15) is 5.78 Å². The molecule has 1 aliphatic carbocycles. The molecule has 0 aromatic rings. The summed E-state index contributed by atoms with van der Waals surface area (Å²) in [6.07, 6.45) is 2.70. The molecule has 0 aromatic heterocycles. The van der Waals surface area contributed by atoms with Gasteiger partial charge in [-0.3, -0.25) is 4.79 Å². The van der Waals surface area contributed by atoms with Crippen molar-refractivity contribution >= 4 is 11.8 Å². The Hall–Kier alpha value is -1.16. The van der Waals surface area contributed by atoms with Crippen LogP contribution in [0.15, 0.2) is 12.2 Å². The van der Waals surface area contributed by atoms with Crippen LogP contribution >= 0.6 is 0 Å². The van der Waals surface area contributed by atoms with E-state index in [1.54, 1.807) is 6.92 Å². The first-order valence-electron chi connectivity index (χ1n) is 5.05. The van der Waals surface area contributed by atoms with E-state index in [2.05, 4.69) is 6.58 Å². The first-order valence-corrected chi connectivity index (χ1v) is 5.05. The quantitative estimate of drug-likeness (QED) is 0.403. The minimum Gasteiger partial charge on any atom is -0.435 e. The maximum absolute atomic E-state index is 11.1. The Morgan fingerprint density at radius 1 is 1.60 bits per heavy atom. The van der Waals surface area contributed by atoms with Crippen LogP contribution < -0.4 is 0 Å². The van der Waals surface area contributed by atoms with Crippen molar-refractivity contribution in [2.24, 2.45) is 0 Å². The number of carbonyl (C=O) groups excluding carboxylic acids is 2. The highest BCUT2D eigenvalue weighted by Crippen LogP contribution is 2.17. The van der Waals surface area contributed by atoms with Crippen molar-refractivity contribution in [1.29, 1.82) is 0 Å². The highest BCUT2D eigenvalue weighted by molar-refractivity contribution is 5.86. The summed E-state index contributed by atoms with van der Waals surface area (Å²) in [6, 6.07) is 0. The average molecular weight is 212 g/mol. The summed E-state index contributed by atoms with van der Waals surface area (Å²) in [5.74, 6) is -0.241. The molecule has 1 aliphatic rings. The minimum atomic E-state index is -0.461. The van der Waals surface area contributed by atoms with Crippen molar-refractivity contribution in [2.75, 3.05) is 6.79 Å². The molecule has 15 heavy (non-hydrogen) atoms. The molecule has 0 heterocycles. The highest BCUT2D eigenvalue weighted by Gasteiger charge is 2.20. The molecule has 0 aliphatic heterocycles. The van der Waals surface area contributed by atoms with Crippen LogP contribution in [0.5, 0.6) is 0 Å². The predicted molar refractivity (Wildman–Crippen MR) is 54.1 cm³/mol. The largest absolute Gasteiger partial charge is 0.435 e. The number of hydrogen-bond donors (Lipinski definition) is 0. The van der Waals surface area contributed by atoms with Crippen LogP contribution in [0.3, 0.4) is 0 Å². The van der Waals surface area contributed by atoms with Crippen molar-refractivity contribution in [1.82, 2.24) is 0 Å². The van der Waals surface area contributed by atoms with E-state index in [1.807, 2.05) is 0 Å². The van der Waals surface area contributed by atoms with E-state index in [0.717, 1.165) is 12.8 Å². The van der Waals surface area contributed by atoms with Crippen LogP contribution in [-0.4, -0.2) is 24.6 Å². The molecule has 0 amide bonds. The van der Waals surface area contributed by atoms with Gasteiger partial charge in [0.05, 0.1) is 6.10 Å². The Balaban J connectivity index is 2.17. The third-order valence-corrected chi connectivity index (χ3v) is 2.28. The molecule has 4 nitrogen and oxygen atoms in total. The Labute approximate surface area is 89.2 Å². The lowest BCUT2D eigenvalue weighted by molar-refractivity contribution is -0.158. The molecule has 4 heteroatoms. The Morgan fingerprint density at radius 3 is 2.93 bits per heavy atom. The molecule has 0 bridgehead atoms. The molecular formula is C11H16O4. The maximum Gasteiger partial charge on any atom is 0.335 e. The monoisotopic (exact) mass is 212 g/mol. The predicted octanol–water partition coefficient (Wildman–Crippen LogP) is 1.59. The standard InChI is InChI=1S/C11H16O4/c1-8(2)11(13)15-7-14-10-5-3-4-9(12)6-10/h10H,1,3-7H2,2H3. The molecule has 0 N–H and O–H groups in total. The van der Waals surface area contributed by atoms with Gasteiger partial charge in [0.25, 0.3) is 0 Å². The highest BCUT2D eigenvalue weighted by atomic mass is 16.7. The van der Waals surface area contributed by atoms with E-state index in [9.17, 15) is 9.59 Å². The second-order valence-electron chi connectivity index (χ2n) is 3.75. The molecule has 1 fully saturated rings. The zero-order valence-electron chi connectivity index (χ0n) is 8.95. The summed E-state index contributed by atoms with van der Waals surface area (Å²) >= 11 is 0. The molecule has 0 spiro atoms. The zero-order valence-corrected chi connectivity index (χ0v) is 8.95. The van der Waals surface area contributed by atoms with Crippen LogP contribution in [0.25, 0.3) is 0 Å². The van der Waals surface area contributed by atoms with Gasteiger partial charge < -0.3 is 9.47 Å². The molecule has 84 valence electrons. The Bertz CT molecular complexity index is 270. The SMILES string of the molecule is C=C(C)C(=O)OCOC1CCCC(=O)C1. The van der Waals surface area contributed by atoms with Gasteiger partial charge in [-0.15, -0.1) is 0 Å². The zero-order chi connectivity index (χ0) is 11.3. The van der Waals surface area contributed by atoms with E-state index < -0.39 is 5.97 Å². The Kier molecular flexibility index (Phi) is 4.49. The first-order chi connectivity index (χ1) is 7.09. The summed E-state index contributed by atoms with van der Waals surface area (Å²) in [5.41, 5.74) is 0.346. The normalized spacial score (nSPS) is 21.1. The average Bonchev–Trinajstić information content (AvgIpc) is 2.17. The fraction of sp³-hybridized carbons (Fsp3) is 0.636. The Morgan fingerprint density at radius 2 is 2.33 bits per heavy atom. The lowest BCUT2D eigenvalue weighted by atomic mass is 9.97. The molecule has 1 atom stereocenters. The van der Waals surface area contributed by atoms with Crippen molar-refractivity contribution in [3.8, 4) is 0 Å². The van der Waals surface area contributed by atoms with E-state index in [0.29, 0.717) is 18.4 Å². The lowest BCUT2D eigenvalue weighted by Gasteiger charge is -2.20. The van der Waals surface area contributed by atoms with E-state index in [4.69, 9.17) is 9.47 Å². The summed E-state index contributed by atoms with van der Waals surface area (Å²) in [5, 5.41) is 0. The van der Waals surface area contributed by atoms with Crippen molar-refractivity contribution < 1.29 is 19.1 Å². The third kappa shape index (κ3) is 4.25. The minimum absolute atomic E-state index is 0.0934. The van der Waals surface area contributed by atoms with Gasteiger partial charge in [0.15, 0.2) is 6.79 Å². The number of Topliss-reactive ketones (excluding diaryl/α,β-unsaturated/α-hetero) is 1. The smallest absolute Gasteiger partial charge is 0.335 e. The van der Waals surface area contributed by atoms with Gasteiger partial charge in [0.2, 0.25) is 0 Å². The molecule has 1 saturated carbocycles. The second-order valence-corrected chi connectivity index (χ2v) is 3.75. The topological polar surface area (TPSA) is 52.6 Å². The van der Waals surface area contributed by atoms with Gasteiger partial charge in [-0.25, -0.2) is 4.79 Å². The number of carbonyl (C=O) groups is 2. The first kappa shape index (κ1) is 11.9. The fourth-order valence-corrected chi connectivity index (χ4v) is 1.43. The van der Waals surface area contributed by atoms with Gasteiger partial charge in [-0.1, -0.05) is 6.58 Å². The number of rotatable bonds is 4. The van der Waals surface area contributed by atoms with Crippen LogP contribution in [0, 0.1) is 0 Å². The molecule has 1 rings (SSSR count). The fourth-order valence-electron chi connectivity index (χ4n) is 1.43. The van der Waals surface area contributed by atoms with Crippen molar-refractivity contribution in [3.63, 3.8) is 0 Å². The second kappa shape index (κ2) is 5.66. The molecule has 0 saturated heterocycles. The van der Waals surface area contributed by atoms with Gasteiger partial charge in [-0.05, 0) is 19.8 Å². The van der Waals surface area contributed by atoms with E-state index in [1.165, 1.54) is 0 Å². The van der Waals surface area contributed by atoms with Crippen LogP contribution in [-0.2, 0) is 19.1 Å².